The van der Waals surface area contributed by atoms with Gasteiger partial charge in [-0.15, -0.1) is 0 Å². The maximum atomic E-state index is 4.59. The molecular weight excluding hydrogens is 174 g/mol. The molecule has 2 unspecified atom stereocenters. The van der Waals surface area contributed by atoms with Crippen molar-refractivity contribution < 1.29 is 0 Å². The smallest absolute Gasteiger partial charge is 0.0675 e. The summed E-state index contributed by atoms with van der Waals surface area (Å²) in [6.07, 6.45) is 3.85. The zero-order valence-corrected chi connectivity index (χ0v) is 8.88. The predicted molar refractivity (Wildman–Crippen MR) is 55.1 cm³/mol. The minimum Gasteiger partial charge on any atom is -0.310 e. The number of hydrogen-bond acceptors (Lipinski definition) is 2. The van der Waals surface area contributed by atoms with Crippen LogP contribution in [0.5, 0.6) is 0 Å². The maximum Gasteiger partial charge on any atom is 0.0675 e. The molecule has 3 nitrogen and oxygen atoms in total. The van der Waals surface area contributed by atoms with Crippen LogP contribution in [0, 0.1) is 12.8 Å². The van der Waals surface area contributed by atoms with E-state index in [1.54, 1.807) is 0 Å². The van der Waals surface area contributed by atoms with Gasteiger partial charge in [-0.2, -0.15) is 5.10 Å². The largest absolute Gasteiger partial charge is 0.310 e. The SMILES string of the molecule is Cc1c2c(nn1C)CCC1CCNC21. The number of rotatable bonds is 0. The van der Waals surface area contributed by atoms with E-state index in [0.29, 0.717) is 6.04 Å². The molecule has 0 saturated carbocycles. The summed E-state index contributed by atoms with van der Waals surface area (Å²) in [6, 6.07) is 0.604. The van der Waals surface area contributed by atoms with E-state index in [-0.39, 0.29) is 0 Å². The van der Waals surface area contributed by atoms with Crippen LogP contribution in [0.4, 0.5) is 0 Å². The van der Waals surface area contributed by atoms with Crippen molar-refractivity contribution in [2.75, 3.05) is 6.54 Å². The fraction of sp³-hybridized carbons (Fsp3) is 0.727. The molecule has 0 spiro atoms. The Morgan fingerprint density at radius 2 is 2.29 bits per heavy atom. The minimum atomic E-state index is 0.604. The molecule has 76 valence electrons. The van der Waals surface area contributed by atoms with E-state index in [1.807, 2.05) is 4.68 Å². The van der Waals surface area contributed by atoms with Gasteiger partial charge in [-0.3, -0.25) is 4.68 Å². The third kappa shape index (κ3) is 0.989. The average molecular weight is 191 g/mol. The Hall–Kier alpha value is -0.830. The zero-order valence-electron chi connectivity index (χ0n) is 8.88. The third-order valence-electron chi connectivity index (χ3n) is 3.87. The van der Waals surface area contributed by atoms with Crippen molar-refractivity contribution in [3.8, 4) is 0 Å². The summed E-state index contributed by atoms with van der Waals surface area (Å²) >= 11 is 0. The van der Waals surface area contributed by atoms with Gasteiger partial charge in [-0.05, 0) is 38.6 Å². The van der Waals surface area contributed by atoms with Gasteiger partial charge in [0.1, 0.15) is 0 Å². The van der Waals surface area contributed by atoms with Crippen LogP contribution in [0.25, 0.3) is 0 Å². The molecule has 2 atom stereocenters. The molecule has 0 bridgehead atoms. The predicted octanol–water partition coefficient (Wildman–Crippen LogP) is 1.33. The standard InChI is InChI=1S/C11H17N3/c1-7-10-9(13-14(7)2)4-3-8-5-6-12-11(8)10/h8,11-12H,3-6H2,1-2H3. The molecule has 1 saturated heterocycles. The molecule has 1 aliphatic carbocycles. The summed E-state index contributed by atoms with van der Waals surface area (Å²) in [5.41, 5.74) is 4.19. The summed E-state index contributed by atoms with van der Waals surface area (Å²) in [6.45, 7) is 3.37. The van der Waals surface area contributed by atoms with Crippen molar-refractivity contribution in [3.05, 3.63) is 17.0 Å². The summed E-state index contributed by atoms with van der Waals surface area (Å²) in [7, 11) is 2.05. The Balaban J connectivity index is 2.11. The van der Waals surface area contributed by atoms with Crippen molar-refractivity contribution in [2.45, 2.75) is 32.2 Å². The summed E-state index contributed by atoms with van der Waals surface area (Å²) in [4.78, 5) is 0. The first-order chi connectivity index (χ1) is 6.77. The number of fused-ring (bicyclic) bond motifs is 3. The van der Waals surface area contributed by atoms with Gasteiger partial charge in [0, 0.05) is 24.3 Å². The van der Waals surface area contributed by atoms with Gasteiger partial charge < -0.3 is 5.32 Å². The summed E-state index contributed by atoms with van der Waals surface area (Å²) in [5.74, 6) is 0.866. The van der Waals surface area contributed by atoms with E-state index in [0.717, 1.165) is 5.92 Å². The van der Waals surface area contributed by atoms with Crippen molar-refractivity contribution in [1.82, 2.24) is 15.1 Å². The van der Waals surface area contributed by atoms with Crippen LogP contribution in [-0.2, 0) is 13.5 Å². The van der Waals surface area contributed by atoms with Crippen LogP contribution in [-0.4, -0.2) is 16.3 Å². The molecule has 1 aromatic rings. The molecule has 3 rings (SSSR count). The highest BCUT2D eigenvalue weighted by Gasteiger charge is 2.36. The molecule has 14 heavy (non-hydrogen) atoms. The molecule has 1 N–H and O–H groups in total. The van der Waals surface area contributed by atoms with Crippen LogP contribution < -0.4 is 5.32 Å². The van der Waals surface area contributed by atoms with E-state index in [1.165, 1.54) is 42.8 Å². The first-order valence-corrected chi connectivity index (χ1v) is 5.53. The number of hydrogen-bond donors (Lipinski definition) is 1. The van der Waals surface area contributed by atoms with Crippen molar-refractivity contribution >= 4 is 0 Å². The molecule has 1 aliphatic heterocycles. The fourth-order valence-corrected chi connectivity index (χ4v) is 3.01. The Kier molecular flexibility index (Phi) is 1.71. The number of nitrogens with zero attached hydrogens (tertiary/aromatic N) is 2. The van der Waals surface area contributed by atoms with E-state index in [9.17, 15) is 0 Å². The van der Waals surface area contributed by atoms with Crippen molar-refractivity contribution in [1.29, 1.82) is 0 Å². The van der Waals surface area contributed by atoms with Crippen LogP contribution in [0.2, 0.25) is 0 Å². The first kappa shape index (κ1) is 8.48. The molecule has 1 fully saturated rings. The summed E-state index contributed by atoms with van der Waals surface area (Å²) < 4.78 is 2.03. The normalized spacial score (nSPS) is 30.1. The third-order valence-corrected chi connectivity index (χ3v) is 3.87. The van der Waals surface area contributed by atoms with Gasteiger partial charge >= 0.3 is 0 Å². The van der Waals surface area contributed by atoms with Gasteiger partial charge in [0.05, 0.1) is 5.69 Å². The number of nitrogens with one attached hydrogen (secondary N) is 1. The van der Waals surface area contributed by atoms with Crippen molar-refractivity contribution in [2.24, 2.45) is 13.0 Å². The second-order valence-corrected chi connectivity index (χ2v) is 4.59. The van der Waals surface area contributed by atoms with E-state index >= 15 is 0 Å². The maximum absolute atomic E-state index is 4.59. The quantitative estimate of drug-likeness (QED) is 0.670. The van der Waals surface area contributed by atoms with Gasteiger partial charge in [-0.25, -0.2) is 0 Å². The Morgan fingerprint density at radius 3 is 3.14 bits per heavy atom. The molecule has 0 amide bonds. The van der Waals surface area contributed by atoms with E-state index in [4.69, 9.17) is 0 Å². The Labute approximate surface area is 84.5 Å². The van der Waals surface area contributed by atoms with Gasteiger partial charge in [0.15, 0.2) is 0 Å². The van der Waals surface area contributed by atoms with Crippen LogP contribution in [0.1, 0.15) is 35.8 Å². The number of aromatic nitrogens is 2. The lowest BCUT2D eigenvalue weighted by atomic mass is 9.83. The molecule has 0 radical (unpaired) electrons. The van der Waals surface area contributed by atoms with E-state index in [2.05, 4.69) is 24.4 Å². The van der Waals surface area contributed by atoms with E-state index < -0.39 is 0 Å². The molecule has 3 heteroatoms. The highest BCUT2D eigenvalue weighted by molar-refractivity contribution is 5.33. The topological polar surface area (TPSA) is 29.9 Å². The zero-order chi connectivity index (χ0) is 9.71. The monoisotopic (exact) mass is 191 g/mol. The van der Waals surface area contributed by atoms with Gasteiger partial charge in [-0.1, -0.05) is 0 Å². The van der Waals surface area contributed by atoms with Gasteiger partial charge in [0.2, 0.25) is 0 Å². The lowest BCUT2D eigenvalue weighted by Gasteiger charge is -2.25. The number of aryl methyl sites for hydroxylation is 2. The molecule has 0 aromatic carbocycles. The molecular formula is C11H17N3. The lowest BCUT2D eigenvalue weighted by Crippen LogP contribution is -2.23. The van der Waals surface area contributed by atoms with Gasteiger partial charge in [0.25, 0.3) is 0 Å². The molecule has 1 aromatic heterocycles. The Morgan fingerprint density at radius 1 is 1.43 bits per heavy atom. The van der Waals surface area contributed by atoms with Crippen LogP contribution in [0.3, 0.4) is 0 Å². The first-order valence-electron chi connectivity index (χ1n) is 5.53. The lowest BCUT2D eigenvalue weighted by molar-refractivity contribution is 0.402. The second-order valence-electron chi connectivity index (χ2n) is 4.59. The Bertz CT molecular complexity index is 367. The highest BCUT2D eigenvalue weighted by Crippen LogP contribution is 2.40. The second kappa shape index (κ2) is 2.83. The molecule has 2 heterocycles. The highest BCUT2D eigenvalue weighted by atomic mass is 15.3. The van der Waals surface area contributed by atoms with Crippen LogP contribution >= 0.6 is 0 Å². The molecule has 2 aliphatic rings. The van der Waals surface area contributed by atoms with Crippen LogP contribution in [0.15, 0.2) is 0 Å². The summed E-state index contributed by atoms with van der Waals surface area (Å²) in [5, 5.41) is 8.20. The average Bonchev–Trinajstić information content (AvgIpc) is 2.72. The van der Waals surface area contributed by atoms with Crippen molar-refractivity contribution in [3.63, 3.8) is 0 Å². The minimum absolute atomic E-state index is 0.604. The fourth-order valence-electron chi connectivity index (χ4n) is 3.01.